The third kappa shape index (κ3) is 4.61. The Labute approximate surface area is 170 Å². The van der Waals surface area contributed by atoms with Crippen LogP contribution in [-0.4, -0.2) is 22.3 Å². The van der Waals surface area contributed by atoms with Gasteiger partial charge in [0.25, 0.3) is 5.91 Å². The number of carbonyl (C=O) groups excluding carboxylic acids is 2. The van der Waals surface area contributed by atoms with Crippen molar-refractivity contribution in [2.45, 2.75) is 58.9 Å². The number of hydrogen-bond acceptors (Lipinski definition) is 3. The van der Waals surface area contributed by atoms with Crippen molar-refractivity contribution in [3.63, 3.8) is 0 Å². The Morgan fingerprint density at radius 1 is 1.25 bits per heavy atom. The van der Waals surface area contributed by atoms with E-state index in [2.05, 4.69) is 42.8 Å². The molecule has 0 N–H and O–H groups in total. The van der Waals surface area contributed by atoms with Crippen LogP contribution < -0.4 is 9.57 Å². The fraction of sp³-hybridized carbons (Fsp3) is 0.500. The van der Waals surface area contributed by atoms with Gasteiger partial charge in [0.05, 0.1) is 5.92 Å². The van der Waals surface area contributed by atoms with Gasteiger partial charge in [-0.1, -0.05) is 31.5 Å². The van der Waals surface area contributed by atoms with E-state index in [-0.39, 0.29) is 29.7 Å². The van der Waals surface area contributed by atoms with Crippen molar-refractivity contribution < 1.29 is 9.59 Å². The molecular weight excluding hydrogens is 370 g/mol. The highest BCUT2D eigenvalue weighted by Crippen LogP contribution is 2.25. The van der Waals surface area contributed by atoms with Crippen LogP contribution in [0, 0.1) is 5.92 Å². The molecule has 2 aromatic rings. The maximum atomic E-state index is 12.9. The lowest BCUT2D eigenvalue weighted by Gasteiger charge is -2.19. The summed E-state index contributed by atoms with van der Waals surface area (Å²) < 4.78 is 2.96. The number of para-hydroxylation sites is 1. The molecule has 3 rings (SSSR count). The minimum atomic E-state index is -0.378. The molecule has 1 aliphatic rings. The molecule has 2 amide bonds. The Morgan fingerprint density at radius 2 is 1.96 bits per heavy atom. The van der Waals surface area contributed by atoms with Gasteiger partial charge in [0, 0.05) is 36.0 Å². The average Bonchev–Trinajstić information content (AvgIpc) is 3.24. The zero-order valence-corrected chi connectivity index (χ0v) is 18.0. The second kappa shape index (κ2) is 8.43. The van der Waals surface area contributed by atoms with Gasteiger partial charge < -0.3 is 4.90 Å². The molecular formula is C22H29N3O2S. The lowest BCUT2D eigenvalue weighted by Crippen LogP contribution is -2.25. The minimum absolute atomic E-state index is 0.0121. The van der Waals surface area contributed by atoms with Crippen LogP contribution in [0.5, 0.6) is 0 Å². The molecule has 0 aliphatic carbocycles. The van der Waals surface area contributed by atoms with Crippen molar-refractivity contribution in [2.24, 2.45) is 10.9 Å². The van der Waals surface area contributed by atoms with Crippen molar-refractivity contribution in [2.75, 3.05) is 11.4 Å². The molecule has 0 spiro atoms. The largest absolute Gasteiger partial charge is 0.312 e. The molecule has 0 saturated carbocycles. The van der Waals surface area contributed by atoms with Crippen molar-refractivity contribution >= 4 is 29.0 Å². The van der Waals surface area contributed by atoms with E-state index >= 15 is 0 Å². The van der Waals surface area contributed by atoms with Crippen molar-refractivity contribution in [3.8, 4) is 0 Å². The normalized spacial score (nSPS) is 18.1. The predicted octanol–water partition coefficient (Wildman–Crippen LogP) is 4.13. The molecule has 1 fully saturated rings. The molecule has 1 saturated heterocycles. The molecule has 28 heavy (non-hydrogen) atoms. The lowest BCUT2D eigenvalue weighted by molar-refractivity contribution is -0.123. The predicted molar refractivity (Wildman–Crippen MR) is 113 cm³/mol. The first kappa shape index (κ1) is 20.5. The summed E-state index contributed by atoms with van der Waals surface area (Å²) in [5, 5.41) is 0. The molecule has 0 radical (unpaired) electrons. The highest BCUT2D eigenvalue weighted by atomic mass is 32.1. The van der Waals surface area contributed by atoms with E-state index < -0.39 is 0 Å². The Balaban J connectivity index is 1.84. The van der Waals surface area contributed by atoms with Crippen LogP contribution >= 0.6 is 11.5 Å². The number of amides is 2. The number of aromatic nitrogens is 1. The molecule has 1 aromatic heterocycles. The quantitative estimate of drug-likeness (QED) is 0.759. The molecule has 1 unspecified atom stereocenters. The zero-order valence-electron chi connectivity index (χ0n) is 17.1. The van der Waals surface area contributed by atoms with Crippen LogP contribution in [0.2, 0.25) is 0 Å². The van der Waals surface area contributed by atoms with E-state index in [0.29, 0.717) is 6.54 Å². The van der Waals surface area contributed by atoms with Gasteiger partial charge >= 0.3 is 0 Å². The molecule has 5 nitrogen and oxygen atoms in total. The monoisotopic (exact) mass is 399 g/mol. The SMILES string of the molecule is CCCCc1cn(C(C)(C)C)s/c1=N\C(=O)C1CC(=O)N(c2ccccc2)C1. The Bertz CT molecular complexity index is 906. The summed E-state index contributed by atoms with van der Waals surface area (Å²) in [6.45, 7) is 9.00. The summed E-state index contributed by atoms with van der Waals surface area (Å²) in [5.74, 6) is -0.578. The molecule has 1 aliphatic heterocycles. The van der Waals surface area contributed by atoms with Crippen LogP contribution in [0.4, 0.5) is 5.69 Å². The van der Waals surface area contributed by atoms with Crippen molar-refractivity contribution in [1.29, 1.82) is 0 Å². The molecule has 0 bridgehead atoms. The molecule has 1 aromatic carbocycles. The third-order valence-corrected chi connectivity index (χ3v) is 6.32. The summed E-state index contributed by atoms with van der Waals surface area (Å²) in [4.78, 5) is 31.5. The number of carbonyl (C=O) groups is 2. The summed E-state index contributed by atoms with van der Waals surface area (Å²) in [7, 11) is 0. The van der Waals surface area contributed by atoms with E-state index in [4.69, 9.17) is 0 Å². The molecule has 6 heteroatoms. The fourth-order valence-electron chi connectivity index (χ4n) is 3.26. The maximum Gasteiger partial charge on any atom is 0.252 e. The minimum Gasteiger partial charge on any atom is -0.312 e. The van der Waals surface area contributed by atoms with Gasteiger partial charge in [0.1, 0.15) is 4.67 Å². The van der Waals surface area contributed by atoms with Gasteiger partial charge in [-0.3, -0.25) is 13.5 Å². The molecule has 150 valence electrons. The Morgan fingerprint density at radius 3 is 2.61 bits per heavy atom. The highest BCUT2D eigenvalue weighted by Gasteiger charge is 2.35. The van der Waals surface area contributed by atoms with E-state index in [0.717, 1.165) is 35.2 Å². The topological polar surface area (TPSA) is 54.7 Å². The number of anilines is 1. The van der Waals surface area contributed by atoms with Gasteiger partial charge in [-0.05, 0) is 57.3 Å². The van der Waals surface area contributed by atoms with Crippen LogP contribution in [0.25, 0.3) is 0 Å². The van der Waals surface area contributed by atoms with Crippen LogP contribution in [-0.2, 0) is 21.5 Å². The summed E-state index contributed by atoms with van der Waals surface area (Å²) >= 11 is 1.53. The standard InChI is InChI=1S/C22H29N3O2S/c1-5-6-10-16-15-25(22(2,3)4)28-21(16)23-20(27)17-13-19(26)24(14-17)18-11-8-7-9-12-18/h7-9,11-12,15,17H,5-6,10,13-14H2,1-4H3/b23-21-. The number of hydrogen-bond donors (Lipinski definition) is 0. The second-order valence-electron chi connectivity index (χ2n) is 8.34. The van der Waals surface area contributed by atoms with E-state index in [1.807, 2.05) is 30.3 Å². The van der Waals surface area contributed by atoms with Gasteiger partial charge in [0.2, 0.25) is 5.91 Å². The van der Waals surface area contributed by atoms with Crippen LogP contribution in [0.1, 0.15) is 52.5 Å². The first-order valence-electron chi connectivity index (χ1n) is 9.96. The fourth-order valence-corrected chi connectivity index (χ4v) is 4.30. The summed E-state index contributed by atoms with van der Waals surface area (Å²) in [6, 6.07) is 9.52. The Hall–Kier alpha value is -2.21. The van der Waals surface area contributed by atoms with E-state index in [9.17, 15) is 9.59 Å². The van der Waals surface area contributed by atoms with E-state index in [1.54, 1.807) is 4.90 Å². The van der Waals surface area contributed by atoms with Gasteiger partial charge in [-0.2, -0.15) is 0 Å². The highest BCUT2D eigenvalue weighted by molar-refractivity contribution is 7.04. The molecule has 1 atom stereocenters. The molecule has 2 heterocycles. The van der Waals surface area contributed by atoms with Crippen LogP contribution in [0.3, 0.4) is 0 Å². The Kier molecular flexibility index (Phi) is 6.18. The second-order valence-corrected chi connectivity index (χ2v) is 9.30. The smallest absolute Gasteiger partial charge is 0.252 e. The maximum absolute atomic E-state index is 12.9. The zero-order chi connectivity index (χ0) is 20.3. The number of benzene rings is 1. The lowest BCUT2D eigenvalue weighted by atomic mass is 10.1. The van der Waals surface area contributed by atoms with Crippen LogP contribution in [0.15, 0.2) is 41.5 Å². The first-order valence-corrected chi connectivity index (χ1v) is 10.7. The number of unbranched alkanes of at least 4 members (excludes halogenated alkanes) is 1. The summed E-state index contributed by atoms with van der Waals surface area (Å²) in [6.07, 6.45) is 5.44. The summed E-state index contributed by atoms with van der Waals surface area (Å²) in [5.41, 5.74) is 1.92. The number of nitrogens with zero attached hydrogens (tertiary/aromatic N) is 3. The van der Waals surface area contributed by atoms with Crippen molar-refractivity contribution in [3.05, 3.63) is 46.8 Å². The third-order valence-electron chi connectivity index (χ3n) is 4.95. The van der Waals surface area contributed by atoms with Gasteiger partial charge in [-0.15, -0.1) is 0 Å². The number of aryl methyl sites for hydroxylation is 1. The van der Waals surface area contributed by atoms with Gasteiger partial charge in [-0.25, -0.2) is 4.99 Å². The van der Waals surface area contributed by atoms with Crippen molar-refractivity contribution in [1.82, 2.24) is 3.96 Å². The van der Waals surface area contributed by atoms with Gasteiger partial charge in [0.15, 0.2) is 0 Å². The van der Waals surface area contributed by atoms with E-state index in [1.165, 1.54) is 11.5 Å². The average molecular weight is 400 g/mol. The number of rotatable bonds is 5. The first-order chi connectivity index (χ1) is 13.3.